The minimum atomic E-state index is -0.943. The maximum Gasteiger partial charge on any atom is 0.224 e. The van der Waals surface area contributed by atoms with Crippen molar-refractivity contribution in [2.45, 2.75) is 38.3 Å². The predicted octanol–water partition coefficient (Wildman–Crippen LogP) is 0.862. The second-order valence-electron chi connectivity index (χ2n) is 7.01. The number of piperidine rings is 1. The third kappa shape index (κ3) is 4.37. The van der Waals surface area contributed by atoms with Crippen molar-refractivity contribution in [2.75, 3.05) is 31.6 Å². The normalized spacial score (nSPS) is 20.2. The third-order valence-electron chi connectivity index (χ3n) is 4.85. The van der Waals surface area contributed by atoms with Crippen molar-refractivity contribution >= 4 is 11.7 Å². The van der Waals surface area contributed by atoms with Crippen LogP contribution in [0.3, 0.4) is 0 Å². The summed E-state index contributed by atoms with van der Waals surface area (Å²) in [6.45, 7) is 4.10. The summed E-state index contributed by atoms with van der Waals surface area (Å²) in [6.07, 6.45) is 8.59. The Morgan fingerprint density at radius 1 is 1.38 bits per heavy atom. The van der Waals surface area contributed by atoms with Gasteiger partial charge < -0.3 is 14.9 Å². The molecule has 1 aliphatic heterocycles. The number of carbonyl (C=O) groups is 1. The second-order valence-corrected chi connectivity index (χ2v) is 7.01. The van der Waals surface area contributed by atoms with E-state index in [1.165, 1.54) is 0 Å². The van der Waals surface area contributed by atoms with Gasteiger partial charge in [-0.2, -0.15) is 5.10 Å². The minimum Gasteiger partial charge on any atom is -0.386 e. The van der Waals surface area contributed by atoms with Crippen molar-refractivity contribution in [3.63, 3.8) is 0 Å². The van der Waals surface area contributed by atoms with Gasteiger partial charge in [-0.3, -0.25) is 14.5 Å². The number of nitrogens with zero attached hydrogens (tertiary/aromatic N) is 6. The van der Waals surface area contributed by atoms with Gasteiger partial charge in [0.1, 0.15) is 5.82 Å². The maximum absolute atomic E-state index is 12.5. The average molecular weight is 358 g/mol. The van der Waals surface area contributed by atoms with Crippen LogP contribution in [0.15, 0.2) is 30.9 Å². The lowest BCUT2D eigenvalue weighted by Crippen LogP contribution is -2.55. The maximum atomic E-state index is 12.5. The van der Waals surface area contributed by atoms with Gasteiger partial charge in [-0.25, -0.2) is 4.98 Å². The van der Waals surface area contributed by atoms with Gasteiger partial charge in [0.15, 0.2) is 0 Å². The largest absolute Gasteiger partial charge is 0.386 e. The van der Waals surface area contributed by atoms with Crippen LogP contribution in [0.1, 0.15) is 25.0 Å². The second kappa shape index (κ2) is 7.82. The van der Waals surface area contributed by atoms with Crippen LogP contribution < -0.4 is 4.90 Å². The Hall–Kier alpha value is -2.48. The van der Waals surface area contributed by atoms with Crippen molar-refractivity contribution in [1.29, 1.82) is 0 Å². The van der Waals surface area contributed by atoms with Crippen LogP contribution in [0.25, 0.3) is 0 Å². The van der Waals surface area contributed by atoms with Crippen molar-refractivity contribution in [1.82, 2.24) is 24.6 Å². The quantitative estimate of drug-likeness (QED) is 0.824. The van der Waals surface area contributed by atoms with E-state index in [9.17, 15) is 9.90 Å². The fourth-order valence-corrected chi connectivity index (χ4v) is 3.45. The molecular weight excluding hydrogens is 332 g/mol. The van der Waals surface area contributed by atoms with Crippen LogP contribution in [-0.2, 0) is 11.3 Å². The molecule has 1 atom stereocenters. The van der Waals surface area contributed by atoms with Crippen LogP contribution in [0.2, 0.25) is 0 Å². The Kier molecular flexibility index (Phi) is 5.51. The molecule has 1 aliphatic rings. The molecule has 0 aliphatic carbocycles. The van der Waals surface area contributed by atoms with Gasteiger partial charge in [0.25, 0.3) is 0 Å². The Morgan fingerprint density at radius 2 is 2.23 bits per heavy atom. The highest BCUT2D eigenvalue weighted by molar-refractivity contribution is 5.75. The lowest BCUT2D eigenvalue weighted by Gasteiger charge is -2.41. The summed E-state index contributed by atoms with van der Waals surface area (Å²) in [5.74, 6) is 0.763. The van der Waals surface area contributed by atoms with Crippen LogP contribution in [0.4, 0.5) is 5.82 Å². The molecule has 140 valence electrons. The molecule has 8 heteroatoms. The molecule has 26 heavy (non-hydrogen) atoms. The summed E-state index contributed by atoms with van der Waals surface area (Å²) >= 11 is 0. The molecule has 0 unspecified atom stereocenters. The molecule has 3 rings (SSSR count). The highest BCUT2D eigenvalue weighted by Gasteiger charge is 2.35. The summed E-state index contributed by atoms with van der Waals surface area (Å²) in [5, 5.41) is 15.2. The van der Waals surface area contributed by atoms with Crippen LogP contribution >= 0.6 is 0 Å². The lowest BCUT2D eigenvalue weighted by atomic mass is 9.92. The van der Waals surface area contributed by atoms with E-state index in [1.807, 2.05) is 22.6 Å². The zero-order chi connectivity index (χ0) is 18.6. The van der Waals surface area contributed by atoms with Gasteiger partial charge >= 0.3 is 0 Å². The monoisotopic (exact) mass is 358 g/mol. The number of likely N-dealkylation sites (N-methyl/N-ethyl adjacent to an activating group) is 1. The van der Waals surface area contributed by atoms with Gasteiger partial charge in [0.05, 0.1) is 18.3 Å². The number of anilines is 1. The van der Waals surface area contributed by atoms with Gasteiger partial charge in [0, 0.05) is 57.4 Å². The Labute approximate surface area is 153 Å². The van der Waals surface area contributed by atoms with E-state index in [0.717, 1.165) is 24.5 Å². The zero-order valence-corrected chi connectivity index (χ0v) is 15.4. The van der Waals surface area contributed by atoms with E-state index >= 15 is 0 Å². The molecule has 8 nitrogen and oxygen atoms in total. The van der Waals surface area contributed by atoms with Gasteiger partial charge in [-0.05, 0) is 25.8 Å². The first-order chi connectivity index (χ1) is 12.5. The molecule has 1 fully saturated rings. The summed E-state index contributed by atoms with van der Waals surface area (Å²) in [6, 6.07) is 1.92. The highest BCUT2D eigenvalue weighted by atomic mass is 16.3. The van der Waals surface area contributed by atoms with E-state index in [4.69, 9.17) is 0 Å². The molecule has 1 saturated heterocycles. The number of hydrogen-bond acceptors (Lipinski definition) is 6. The van der Waals surface area contributed by atoms with E-state index in [1.54, 1.807) is 36.7 Å². The minimum absolute atomic E-state index is 0.00458. The highest BCUT2D eigenvalue weighted by Crippen LogP contribution is 2.25. The topological polar surface area (TPSA) is 87.4 Å². The van der Waals surface area contributed by atoms with Crippen molar-refractivity contribution < 1.29 is 9.90 Å². The van der Waals surface area contributed by atoms with Gasteiger partial charge in [-0.1, -0.05) is 0 Å². The molecule has 0 bridgehead atoms. The number of hydrogen-bond donors (Lipinski definition) is 1. The average Bonchev–Trinajstić information content (AvgIpc) is 3.05. The van der Waals surface area contributed by atoms with Crippen LogP contribution in [0.5, 0.6) is 0 Å². The van der Waals surface area contributed by atoms with Crippen molar-refractivity contribution in [3.8, 4) is 0 Å². The number of aromatic nitrogens is 4. The summed E-state index contributed by atoms with van der Waals surface area (Å²) < 4.78 is 1.82. The molecule has 0 saturated carbocycles. The summed E-state index contributed by atoms with van der Waals surface area (Å²) in [7, 11) is 1.75. The number of amides is 1. The summed E-state index contributed by atoms with van der Waals surface area (Å²) in [4.78, 5) is 24.5. The van der Waals surface area contributed by atoms with Crippen LogP contribution in [-0.4, -0.2) is 67.9 Å². The van der Waals surface area contributed by atoms with Crippen molar-refractivity contribution in [3.05, 3.63) is 36.5 Å². The number of aryl methyl sites for hydroxylation is 2. The molecule has 1 N–H and O–H groups in total. The Balaban J connectivity index is 1.56. The summed E-state index contributed by atoms with van der Waals surface area (Å²) in [5.41, 5.74) is 0.0906. The fourth-order valence-electron chi connectivity index (χ4n) is 3.45. The molecule has 0 aromatic carbocycles. The van der Waals surface area contributed by atoms with E-state index in [-0.39, 0.29) is 5.91 Å². The first-order valence-corrected chi connectivity index (χ1v) is 8.93. The first kappa shape index (κ1) is 18.3. The van der Waals surface area contributed by atoms with E-state index in [0.29, 0.717) is 32.5 Å². The number of aliphatic hydroxyl groups is 1. The lowest BCUT2D eigenvalue weighted by molar-refractivity contribution is -0.133. The predicted molar refractivity (Wildman–Crippen MR) is 97.6 cm³/mol. The number of β-amino-alcohol motifs (C(OH)–C–C–N with tert-alkyl or cyclic N) is 1. The van der Waals surface area contributed by atoms with E-state index < -0.39 is 5.60 Å². The SMILES string of the molecule is Cc1ccnn1CCC(=O)N(C)C[C@]1(O)CCCN(c2cnccn2)C1. The number of rotatable bonds is 6. The number of carbonyl (C=O) groups excluding carboxylic acids is 1. The molecule has 3 heterocycles. The smallest absolute Gasteiger partial charge is 0.224 e. The van der Waals surface area contributed by atoms with E-state index in [2.05, 4.69) is 15.1 Å². The van der Waals surface area contributed by atoms with Crippen molar-refractivity contribution in [2.24, 2.45) is 0 Å². The Morgan fingerprint density at radius 3 is 2.92 bits per heavy atom. The first-order valence-electron chi connectivity index (χ1n) is 8.93. The molecule has 0 spiro atoms. The fraction of sp³-hybridized carbons (Fsp3) is 0.556. The zero-order valence-electron chi connectivity index (χ0n) is 15.4. The molecule has 0 radical (unpaired) electrons. The van der Waals surface area contributed by atoms with Gasteiger partial charge in [0.2, 0.25) is 5.91 Å². The molecule has 2 aromatic rings. The Bertz CT molecular complexity index is 734. The van der Waals surface area contributed by atoms with Crippen LogP contribution in [0, 0.1) is 6.92 Å². The standard InChI is InChI=1S/C18H26N6O2/c1-15-4-7-21-24(15)11-5-17(25)22(2)13-18(26)6-3-10-23(14-18)16-12-19-8-9-20-16/h4,7-9,12,26H,3,5-6,10-11,13-14H2,1-2H3/t18-/m1/s1. The molecular formula is C18H26N6O2. The third-order valence-corrected chi connectivity index (χ3v) is 4.85. The molecule has 2 aromatic heterocycles. The van der Waals surface area contributed by atoms with Gasteiger partial charge in [-0.15, -0.1) is 0 Å². The molecule has 1 amide bonds.